The van der Waals surface area contributed by atoms with Crippen molar-refractivity contribution in [1.29, 1.82) is 0 Å². The molecule has 0 unspecified atom stereocenters. The Morgan fingerprint density at radius 1 is 0.917 bits per heavy atom. The molecule has 36 heavy (non-hydrogen) atoms. The van der Waals surface area contributed by atoms with Gasteiger partial charge in [-0.3, -0.25) is 4.90 Å². The molecule has 2 heterocycles. The predicted octanol–water partition coefficient (Wildman–Crippen LogP) is 8.92. The van der Waals surface area contributed by atoms with Crippen molar-refractivity contribution in [1.82, 2.24) is 4.90 Å². The number of hydrogen-bond acceptors (Lipinski definition) is 3. The van der Waals surface area contributed by atoms with Crippen LogP contribution in [-0.2, 0) is 13.0 Å². The molecule has 0 saturated heterocycles. The Morgan fingerprint density at radius 2 is 1.56 bits per heavy atom. The zero-order chi connectivity index (χ0) is 26.3. The van der Waals surface area contributed by atoms with E-state index in [9.17, 15) is 0 Å². The van der Waals surface area contributed by atoms with Gasteiger partial charge in [-0.15, -0.1) is 6.58 Å². The molecule has 0 aliphatic carbocycles. The third kappa shape index (κ3) is 7.38. The SMILES string of the molecule is C=CCN1COc2c(C)c(C)c3c(c2C1)CC[C@@](C)(CCC=C(C)CCC=C(C)CCC=C(C)C)O3. The van der Waals surface area contributed by atoms with Crippen molar-refractivity contribution < 1.29 is 9.47 Å². The molecule has 198 valence electrons. The first-order valence-corrected chi connectivity index (χ1v) is 13.9. The molecule has 1 aromatic carbocycles. The zero-order valence-corrected chi connectivity index (χ0v) is 24.1. The normalized spacial score (nSPS) is 20.2. The highest BCUT2D eigenvalue weighted by Crippen LogP contribution is 2.46. The van der Waals surface area contributed by atoms with Crippen LogP contribution in [0.15, 0.2) is 47.6 Å². The van der Waals surface area contributed by atoms with Gasteiger partial charge >= 0.3 is 0 Å². The molecule has 2 aliphatic heterocycles. The summed E-state index contributed by atoms with van der Waals surface area (Å²) in [6.07, 6.45) is 18.0. The molecule has 2 aliphatic rings. The van der Waals surface area contributed by atoms with Crippen molar-refractivity contribution in [2.75, 3.05) is 13.3 Å². The van der Waals surface area contributed by atoms with E-state index in [1.54, 1.807) is 0 Å². The fourth-order valence-electron chi connectivity index (χ4n) is 5.38. The van der Waals surface area contributed by atoms with Crippen molar-refractivity contribution in [3.63, 3.8) is 0 Å². The maximum atomic E-state index is 6.80. The second kappa shape index (κ2) is 12.8. The predicted molar refractivity (Wildman–Crippen MR) is 154 cm³/mol. The molecule has 3 heteroatoms. The van der Waals surface area contributed by atoms with Gasteiger partial charge in [-0.1, -0.05) is 41.0 Å². The van der Waals surface area contributed by atoms with Gasteiger partial charge < -0.3 is 9.47 Å². The van der Waals surface area contributed by atoms with Gasteiger partial charge in [-0.25, -0.2) is 0 Å². The maximum Gasteiger partial charge on any atom is 0.142 e. The van der Waals surface area contributed by atoms with Crippen LogP contribution in [0.25, 0.3) is 0 Å². The van der Waals surface area contributed by atoms with Crippen LogP contribution in [0.1, 0.15) is 102 Å². The van der Waals surface area contributed by atoms with Crippen LogP contribution in [0.4, 0.5) is 0 Å². The van der Waals surface area contributed by atoms with E-state index in [-0.39, 0.29) is 5.60 Å². The highest BCUT2D eigenvalue weighted by molar-refractivity contribution is 5.60. The van der Waals surface area contributed by atoms with Crippen molar-refractivity contribution in [2.24, 2.45) is 0 Å². The zero-order valence-electron chi connectivity index (χ0n) is 24.1. The Bertz CT molecular complexity index is 1020. The molecule has 3 rings (SSSR count). The van der Waals surface area contributed by atoms with Crippen LogP contribution < -0.4 is 9.47 Å². The van der Waals surface area contributed by atoms with Gasteiger partial charge in [-0.2, -0.15) is 0 Å². The van der Waals surface area contributed by atoms with Gasteiger partial charge in [0.2, 0.25) is 0 Å². The van der Waals surface area contributed by atoms with Crippen LogP contribution in [0, 0.1) is 13.8 Å². The molecule has 0 saturated carbocycles. The van der Waals surface area contributed by atoms with E-state index < -0.39 is 0 Å². The number of allylic oxidation sites excluding steroid dienone is 6. The Morgan fingerprint density at radius 3 is 2.22 bits per heavy atom. The lowest BCUT2D eigenvalue weighted by Crippen LogP contribution is -2.39. The molecule has 0 spiro atoms. The van der Waals surface area contributed by atoms with Crippen LogP contribution >= 0.6 is 0 Å². The average Bonchev–Trinajstić information content (AvgIpc) is 2.82. The van der Waals surface area contributed by atoms with Gasteiger partial charge in [0.25, 0.3) is 0 Å². The smallest absolute Gasteiger partial charge is 0.142 e. The Labute approximate surface area is 221 Å². The molecule has 0 fully saturated rings. The lowest BCUT2D eigenvalue weighted by atomic mass is 9.84. The number of rotatable bonds is 11. The lowest BCUT2D eigenvalue weighted by molar-refractivity contribution is 0.0530. The molecule has 1 aromatic rings. The number of ether oxygens (including phenoxy) is 2. The fourth-order valence-corrected chi connectivity index (χ4v) is 5.38. The summed E-state index contributed by atoms with van der Waals surface area (Å²) >= 11 is 0. The fraction of sp³-hybridized carbons (Fsp3) is 0.576. The number of nitrogens with zero attached hydrogens (tertiary/aromatic N) is 1. The summed E-state index contributed by atoms with van der Waals surface area (Å²) in [4.78, 5) is 2.30. The van der Waals surface area contributed by atoms with Crippen LogP contribution in [0.3, 0.4) is 0 Å². The summed E-state index contributed by atoms with van der Waals surface area (Å²) < 4.78 is 13.0. The van der Waals surface area contributed by atoms with E-state index in [1.807, 2.05) is 6.08 Å². The maximum absolute atomic E-state index is 6.80. The van der Waals surface area contributed by atoms with Crippen LogP contribution in [0.5, 0.6) is 11.5 Å². The van der Waals surface area contributed by atoms with Gasteiger partial charge in [0, 0.05) is 24.2 Å². The van der Waals surface area contributed by atoms with E-state index in [4.69, 9.17) is 9.47 Å². The summed E-state index contributed by atoms with van der Waals surface area (Å²) in [6, 6.07) is 0. The summed E-state index contributed by atoms with van der Waals surface area (Å²) in [7, 11) is 0. The van der Waals surface area contributed by atoms with Crippen molar-refractivity contribution >= 4 is 0 Å². The van der Waals surface area contributed by atoms with Gasteiger partial charge in [0.1, 0.15) is 23.8 Å². The Balaban J connectivity index is 1.58. The molecule has 0 aromatic heterocycles. The summed E-state index contributed by atoms with van der Waals surface area (Å²) in [6.45, 7) is 21.8. The second-order valence-electron chi connectivity index (χ2n) is 11.5. The highest BCUT2D eigenvalue weighted by atomic mass is 16.5. The first kappa shape index (κ1) is 28.3. The Hall–Kier alpha value is -2.26. The molecule has 0 N–H and O–H groups in total. The minimum atomic E-state index is -0.118. The highest BCUT2D eigenvalue weighted by Gasteiger charge is 2.36. The summed E-state index contributed by atoms with van der Waals surface area (Å²) in [5, 5.41) is 0. The quantitative estimate of drug-likeness (QED) is 0.288. The van der Waals surface area contributed by atoms with Gasteiger partial charge in [0.05, 0.1) is 0 Å². The third-order valence-electron chi connectivity index (χ3n) is 7.86. The molecule has 1 atom stereocenters. The number of fused-ring (bicyclic) bond motifs is 3. The monoisotopic (exact) mass is 491 g/mol. The lowest BCUT2D eigenvalue weighted by Gasteiger charge is -2.40. The molecule has 0 bridgehead atoms. The standard InChI is InChI=1S/C33H49NO2/c1-9-21-34-22-30-29-18-20-33(8,36-32(29)28(7)27(6)31(30)35-23-34)19-12-17-26(5)16-11-15-25(4)14-10-13-24(2)3/h9,13,15,17H,1,10-12,14,16,18-23H2,2-8H3/t33-/m1/s1. The Kier molecular flexibility index (Phi) is 10.1. The van der Waals surface area contributed by atoms with E-state index in [0.717, 1.165) is 69.5 Å². The van der Waals surface area contributed by atoms with E-state index >= 15 is 0 Å². The molecule has 0 radical (unpaired) electrons. The molecule has 3 nitrogen and oxygen atoms in total. The molecule has 0 amide bonds. The van der Waals surface area contributed by atoms with Gasteiger partial charge in [0.15, 0.2) is 0 Å². The van der Waals surface area contributed by atoms with Crippen molar-refractivity contribution in [3.8, 4) is 11.5 Å². The molecular weight excluding hydrogens is 442 g/mol. The van der Waals surface area contributed by atoms with Crippen molar-refractivity contribution in [3.05, 3.63) is 69.9 Å². The largest absolute Gasteiger partial charge is 0.487 e. The second-order valence-corrected chi connectivity index (χ2v) is 11.5. The minimum absolute atomic E-state index is 0.118. The minimum Gasteiger partial charge on any atom is -0.487 e. The molecular formula is C33H49NO2. The third-order valence-corrected chi connectivity index (χ3v) is 7.86. The van der Waals surface area contributed by atoms with E-state index in [1.165, 1.54) is 45.4 Å². The first-order valence-electron chi connectivity index (χ1n) is 13.9. The number of hydrogen-bond donors (Lipinski definition) is 0. The van der Waals surface area contributed by atoms with E-state index in [0.29, 0.717) is 6.73 Å². The van der Waals surface area contributed by atoms with E-state index in [2.05, 4.69) is 78.2 Å². The number of benzene rings is 1. The van der Waals surface area contributed by atoms with Crippen LogP contribution in [0.2, 0.25) is 0 Å². The van der Waals surface area contributed by atoms with Gasteiger partial charge in [-0.05, 0) is 111 Å². The summed E-state index contributed by atoms with van der Waals surface area (Å²) in [5.41, 5.74) is 9.44. The van der Waals surface area contributed by atoms with Crippen LogP contribution in [-0.4, -0.2) is 23.8 Å². The summed E-state index contributed by atoms with van der Waals surface area (Å²) in [5.74, 6) is 2.19. The average molecular weight is 492 g/mol. The van der Waals surface area contributed by atoms with Crippen molar-refractivity contribution in [2.45, 2.75) is 112 Å². The first-order chi connectivity index (χ1) is 17.1. The topological polar surface area (TPSA) is 21.7 Å².